The van der Waals surface area contributed by atoms with Gasteiger partial charge in [0.1, 0.15) is 0 Å². The van der Waals surface area contributed by atoms with Crippen LogP contribution in [0, 0.1) is 0 Å². The van der Waals surface area contributed by atoms with Gasteiger partial charge in [-0.15, -0.1) is 0 Å². The fourth-order valence-corrected chi connectivity index (χ4v) is 2.93. The Kier molecular flexibility index (Phi) is 6.16. The summed E-state index contributed by atoms with van der Waals surface area (Å²) < 4.78 is 39.6. The average molecular weight is 399 g/mol. The van der Waals surface area contributed by atoms with Gasteiger partial charge in [-0.05, 0) is 30.7 Å². The number of nitrogens with one attached hydrogen (secondary N) is 1. The fourth-order valence-electron chi connectivity index (χ4n) is 2.93. The molecule has 7 heteroatoms. The molecule has 1 N–H and O–H groups in total. The molecule has 0 saturated carbocycles. The molecule has 0 fully saturated rings. The predicted octanol–water partition coefficient (Wildman–Crippen LogP) is 5.51. The molecular formula is C22H20F3N3O. The highest BCUT2D eigenvalue weighted by atomic mass is 19.4. The summed E-state index contributed by atoms with van der Waals surface area (Å²) in [6.07, 6.45) is -1.69. The number of para-hydroxylation sites is 1. The Morgan fingerprint density at radius 2 is 1.72 bits per heavy atom. The van der Waals surface area contributed by atoms with Gasteiger partial charge in [0.15, 0.2) is 0 Å². The van der Waals surface area contributed by atoms with Crippen molar-refractivity contribution in [1.82, 2.24) is 9.88 Å². The van der Waals surface area contributed by atoms with Crippen LogP contribution in [0.3, 0.4) is 0 Å². The third-order valence-corrected chi connectivity index (χ3v) is 4.38. The van der Waals surface area contributed by atoms with E-state index in [-0.39, 0.29) is 11.6 Å². The Morgan fingerprint density at radius 3 is 2.41 bits per heavy atom. The summed E-state index contributed by atoms with van der Waals surface area (Å²) in [4.78, 5) is 18.6. The van der Waals surface area contributed by atoms with Gasteiger partial charge in [0.2, 0.25) is 0 Å². The Balaban J connectivity index is 1.81. The third-order valence-electron chi connectivity index (χ3n) is 4.38. The number of alkyl halides is 3. The van der Waals surface area contributed by atoms with Crippen molar-refractivity contribution < 1.29 is 18.0 Å². The second-order valence-electron chi connectivity index (χ2n) is 6.44. The van der Waals surface area contributed by atoms with Gasteiger partial charge in [0.05, 0.1) is 28.7 Å². The fraction of sp³-hybridized carbons (Fsp3) is 0.182. The van der Waals surface area contributed by atoms with Crippen LogP contribution in [-0.4, -0.2) is 22.3 Å². The van der Waals surface area contributed by atoms with Crippen LogP contribution in [0.4, 0.5) is 24.5 Å². The molecule has 2 aromatic carbocycles. The van der Waals surface area contributed by atoms with Crippen LogP contribution in [0.5, 0.6) is 0 Å². The summed E-state index contributed by atoms with van der Waals surface area (Å²) in [5.74, 6) is -0.239. The van der Waals surface area contributed by atoms with E-state index >= 15 is 0 Å². The summed E-state index contributed by atoms with van der Waals surface area (Å²) in [5, 5.41) is 2.73. The Labute approximate surface area is 167 Å². The SMILES string of the molecule is CCN(Cc1ccccc1)C(=O)c1cncc(Nc2ccccc2C(F)(F)F)c1. The van der Waals surface area contributed by atoms with Crippen LogP contribution < -0.4 is 5.32 Å². The number of carbonyl (C=O) groups is 1. The van der Waals surface area contributed by atoms with E-state index < -0.39 is 11.7 Å². The number of benzene rings is 2. The molecule has 0 unspecified atom stereocenters. The smallest absolute Gasteiger partial charge is 0.354 e. The molecule has 0 aliphatic heterocycles. The lowest BCUT2D eigenvalue weighted by molar-refractivity contribution is -0.136. The Bertz CT molecular complexity index is 974. The molecule has 0 bridgehead atoms. The van der Waals surface area contributed by atoms with Crippen molar-refractivity contribution in [3.8, 4) is 0 Å². The minimum absolute atomic E-state index is 0.0944. The van der Waals surface area contributed by atoms with Crippen molar-refractivity contribution in [3.05, 3.63) is 89.7 Å². The van der Waals surface area contributed by atoms with Crippen LogP contribution in [0.25, 0.3) is 0 Å². The third kappa shape index (κ3) is 5.13. The molecule has 0 saturated heterocycles. The van der Waals surface area contributed by atoms with Crippen LogP contribution in [0.1, 0.15) is 28.4 Å². The Hall–Kier alpha value is -3.35. The predicted molar refractivity (Wildman–Crippen MR) is 106 cm³/mol. The molecule has 0 aliphatic carbocycles. The molecule has 0 atom stereocenters. The number of aromatic nitrogens is 1. The molecule has 3 aromatic rings. The number of carbonyl (C=O) groups excluding carboxylic acids is 1. The molecule has 0 aliphatic rings. The summed E-state index contributed by atoms with van der Waals surface area (Å²) in [5.41, 5.74) is 0.726. The minimum Gasteiger partial charge on any atom is -0.354 e. The molecule has 1 heterocycles. The number of pyridine rings is 1. The van der Waals surface area contributed by atoms with Crippen molar-refractivity contribution >= 4 is 17.3 Å². The van der Waals surface area contributed by atoms with Crippen molar-refractivity contribution in [2.75, 3.05) is 11.9 Å². The van der Waals surface area contributed by atoms with E-state index in [1.54, 1.807) is 4.90 Å². The maximum absolute atomic E-state index is 13.2. The second-order valence-corrected chi connectivity index (χ2v) is 6.44. The van der Waals surface area contributed by atoms with Gasteiger partial charge in [0, 0.05) is 19.3 Å². The Morgan fingerprint density at radius 1 is 1.03 bits per heavy atom. The average Bonchev–Trinajstić information content (AvgIpc) is 2.72. The largest absolute Gasteiger partial charge is 0.418 e. The van der Waals surface area contributed by atoms with Gasteiger partial charge >= 0.3 is 6.18 Å². The topological polar surface area (TPSA) is 45.2 Å². The first kappa shape index (κ1) is 20.4. The molecule has 0 spiro atoms. The monoisotopic (exact) mass is 399 g/mol. The van der Waals surface area contributed by atoms with Gasteiger partial charge in [-0.1, -0.05) is 42.5 Å². The molecule has 29 heavy (non-hydrogen) atoms. The van der Waals surface area contributed by atoms with Crippen molar-refractivity contribution in [3.63, 3.8) is 0 Å². The highest BCUT2D eigenvalue weighted by Gasteiger charge is 2.33. The molecule has 3 rings (SSSR count). The molecule has 1 amide bonds. The lowest BCUT2D eigenvalue weighted by Gasteiger charge is -2.21. The quantitative estimate of drug-likeness (QED) is 0.595. The van der Waals surface area contributed by atoms with Crippen molar-refractivity contribution in [1.29, 1.82) is 0 Å². The van der Waals surface area contributed by atoms with Gasteiger partial charge in [0.25, 0.3) is 5.91 Å². The van der Waals surface area contributed by atoms with Gasteiger partial charge in [-0.25, -0.2) is 0 Å². The van der Waals surface area contributed by atoms with Gasteiger partial charge in [-0.3, -0.25) is 9.78 Å². The molecule has 0 radical (unpaired) electrons. The van der Waals surface area contributed by atoms with E-state index in [0.29, 0.717) is 24.3 Å². The molecule has 4 nitrogen and oxygen atoms in total. The number of anilines is 2. The van der Waals surface area contributed by atoms with E-state index in [1.165, 1.54) is 36.7 Å². The highest BCUT2D eigenvalue weighted by molar-refractivity contribution is 5.95. The zero-order valence-electron chi connectivity index (χ0n) is 15.8. The summed E-state index contributed by atoms with van der Waals surface area (Å²) in [6, 6.07) is 16.3. The van der Waals surface area contributed by atoms with Crippen LogP contribution in [-0.2, 0) is 12.7 Å². The standard InChI is InChI=1S/C22H20F3N3O/c1-2-28(15-16-8-4-3-5-9-16)21(29)17-12-18(14-26-13-17)27-20-11-7-6-10-19(20)22(23,24)25/h3-14,27H,2,15H2,1H3. The summed E-state index contributed by atoms with van der Waals surface area (Å²) >= 11 is 0. The number of amides is 1. The normalized spacial score (nSPS) is 11.2. The number of nitrogens with zero attached hydrogens (tertiary/aromatic N) is 2. The van der Waals surface area contributed by atoms with E-state index in [2.05, 4.69) is 10.3 Å². The van der Waals surface area contributed by atoms with E-state index in [1.807, 2.05) is 37.3 Å². The number of hydrogen-bond acceptors (Lipinski definition) is 3. The maximum Gasteiger partial charge on any atom is 0.418 e. The zero-order valence-corrected chi connectivity index (χ0v) is 15.8. The van der Waals surface area contributed by atoms with Crippen LogP contribution in [0.2, 0.25) is 0 Å². The van der Waals surface area contributed by atoms with E-state index in [4.69, 9.17) is 0 Å². The molecule has 150 valence electrons. The second kappa shape index (κ2) is 8.77. The van der Waals surface area contributed by atoms with Crippen LogP contribution >= 0.6 is 0 Å². The summed E-state index contributed by atoms with van der Waals surface area (Å²) in [6.45, 7) is 2.79. The van der Waals surface area contributed by atoms with Gasteiger partial charge in [-0.2, -0.15) is 13.2 Å². The van der Waals surface area contributed by atoms with E-state index in [0.717, 1.165) is 11.6 Å². The van der Waals surface area contributed by atoms with Crippen molar-refractivity contribution in [2.45, 2.75) is 19.6 Å². The number of hydrogen-bond donors (Lipinski definition) is 1. The van der Waals surface area contributed by atoms with E-state index in [9.17, 15) is 18.0 Å². The highest BCUT2D eigenvalue weighted by Crippen LogP contribution is 2.35. The first-order chi connectivity index (χ1) is 13.9. The lowest BCUT2D eigenvalue weighted by atomic mass is 10.1. The first-order valence-corrected chi connectivity index (χ1v) is 9.10. The number of halogens is 3. The first-order valence-electron chi connectivity index (χ1n) is 9.10. The number of rotatable bonds is 6. The van der Waals surface area contributed by atoms with Crippen molar-refractivity contribution in [2.24, 2.45) is 0 Å². The molecular weight excluding hydrogens is 379 g/mol. The summed E-state index contributed by atoms with van der Waals surface area (Å²) in [7, 11) is 0. The lowest BCUT2D eigenvalue weighted by Crippen LogP contribution is -2.30. The zero-order chi connectivity index (χ0) is 20.9. The maximum atomic E-state index is 13.2. The van der Waals surface area contributed by atoms with Gasteiger partial charge < -0.3 is 10.2 Å². The van der Waals surface area contributed by atoms with Crippen LogP contribution in [0.15, 0.2) is 73.1 Å². The molecule has 1 aromatic heterocycles. The minimum atomic E-state index is -4.49.